The van der Waals surface area contributed by atoms with Crippen molar-refractivity contribution in [1.82, 2.24) is 0 Å². The average Bonchev–Trinajstić information content (AvgIpc) is 2.67. The van der Waals surface area contributed by atoms with Crippen LogP contribution >= 0.6 is 0 Å². The van der Waals surface area contributed by atoms with Crippen LogP contribution in [0.5, 0.6) is 0 Å². The van der Waals surface area contributed by atoms with Crippen molar-refractivity contribution in [3.63, 3.8) is 0 Å². The second-order valence-electron chi connectivity index (χ2n) is 7.08. The van der Waals surface area contributed by atoms with Crippen LogP contribution < -0.4 is 0 Å². The zero-order chi connectivity index (χ0) is 20.5. The Morgan fingerprint density at radius 3 is 1.85 bits per heavy atom. The molecule has 0 radical (unpaired) electrons. The van der Waals surface area contributed by atoms with Crippen molar-refractivity contribution in [2.45, 2.75) is 84.0 Å². The van der Waals surface area contributed by atoms with Gasteiger partial charge in [0.25, 0.3) is 0 Å². The number of aliphatic carboxylic acids is 2. The third-order valence-electron chi connectivity index (χ3n) is 4.78. The maximum Gasteiger partial charge on any atom is 0.330 e. The predicted molar refractivity (Wildman–Crippen MR) is 104 cm³/mol. The van der Waals surface area contributed by atoms with Crippen molar-refractivity contribution >= 4 is 17.9 Å². The third kappa shape index (κ3) is 13.9. The SMILES string of the molecule is C=CC(=O)OCCCCCCCCCC.O=C(O)C1CCCC(C(=O)O)C1. The molecule has 0 aliphatic heterocycles. The molecule has 1 saturated carbocycles. The molecule has 0 amide bonds. The molecule has 6 heteroatoms. The molecule has 1 aliphatic carbocycles. The highest BCUT2D eigenvalue weighted by Crippen LogP contribution is 2.29. The summed E-state index contributed by atoms with van der Waals surface area (Å²) in [5, 5.41) is 17.3. The van der Waals surface area contributed by atoms with Gasteiger partial charge in [0.15, 0.2) is 0 Å². The first-order chi connectivity index (χ1) is 12.9. The van der Waals surface area contributed by atoms with Crippen LogP contribution in [0.3, 0.4) is 0 Å². The van der Waals surface area contributed by atoms with Gasteiger partial charge in [-0.1, -0.05) is 64.9 Å². The van der Waals surface area contributed by atoms with Crippen LogP contribution in [-0.2, 0) is 19.1 Å². The van der Waals surface area contributed by atoms with Gasteiger partial charge in [0.1, 0.15) is 0 Å². The van der Waals surface area contributed by atoms with E-state index in [0.29, 0.717) is 32.3 Å². The van der Waals surface area contributed by atoms with Gasteiger partial charge in [-0.25, -0.2) is 4.79 Å². The molecular weight excluding hydrogens is 348 g/mol. The van der Waals surface area contributed by atoms with Crippen LogP contribution in [0.15, 0.2) is 12.7 Å². The zero-order valence-corrected chi connectivity index (χ0v) is 16.7. The van der Waals surface area contributed by atoms with E-state index in [1.54, 1.807) is 0 Å². The molecule has 1 rings (SSSR count). The summed E-state index contributed by atoms with van der Waals surface area (Å²) in [7, 11) is 0. The van der Waals surface area contributed by atoms with Gasteiger partial charge in [0.2, 0.25) is 0 Å². The van der Waals surface area contributed by atoms with Crippen LogP contribution in [0, 0.1) is 11.8 Å². The largest absolute Gasteiger partial charge is 0.481 e. The average molecular weight is 385 g/mol. The Labute approximate surface area is 163 Å². The summed E-state index contributed by atoms with van der Waals surface area (Å²) in [5.41, 5.74) is 0. The number of hydrogen-bond acceptors (Lipinski definition) is 4. The minimum absolute atomic E-state index is 0.296. The molecule has 0 aromatic heterocycles. The Bertz CT molecular complexity index is 426. The number of carboxylic acids is 2. The minimum Gasteiger partial charge on any atom is -0.481 e. The second-order valence-corrected chi connectivity index (χ2v) is 7.08. The monoisotopic (exact) mass is 384 g/mol. The molecule has 0 heterocycles. The van der Waals surface area contributed by atoms with Gasteiger partial charge in [0, 0.05) is 6.08 Å². The Morgan fingerprint density at radius 1 is 0.926 bits per heavy atom. The van der Waals surface area contributed by atoms with Crippen LogP contribution in [0.1, 0.15) is 84.0 Å². The molecule has 1 aliphatic rings. The van der Waals surface area contributed by atoms with E-state index in [4.69, 9.17) is 14.9 Å². The number of ether oxygens (including phenoxy) is 1. The lowest BCUT2D eigenvalue weighted by molar-refractivity contribution is -0.148. The molecule has 0 aromatic carbocycles. The smallest absolute Gasteiger partial charge is 0.330 e. The molecule has 2 unspecified atom stereocenters. The number of rotatable bonds is 12. The van der Waals surface area contributed by atoms with Gasteiger partial charge >= 0.3 is 17.9 Å². The van der Waals surface area contributed by atoms with Crippen molar-refractivity contribution < 1.29 is 29.3 Å². The first-order valence-corrected chi connectivity index (χ1v) is 10.2. The van der Waals surface area contributed by atoms with Crippen molar-refractivity contribution in [3.05, 3.63) is 12.7 Å². The quantitative estimate of drug-likeness (QED) is 0.284. The highest BCUT2D eigenvalue weighted by atomic mass is 16.5. The molecule has 27 heavy (non-hydrogen) atoms. The van der Waals surface area contributed by atoms with E-state index in [-0.39, 0.29) is 5.97 Å². The highest BCUT2D eigenvalue weighted by molar-refractivity contribution is 5.81. The number of unbranched alkanes of at least 4 members (excludes halogenated alkanes) is 7. The standard InChI is InChI=1S/C13H24O2.C8H12O4/c1-3-5-6-7-8-9-10-11-12-15-13(14)4-2;9-7(10)5-2-1-3-6(4-5)8(11)12/h4H,2-3,5-12H2,1H3;5-6H,1-4H2,(H,9,10)(H,11,12). The van der Waals surface area contributed by atoms with Gasteiger partial charge in [-0.05, 0) is 25.7 Å². The lowest BCUT2D eigenvalue weighted by Gasteiger charge is -2.23. The molecular formula is C21H36O6. The Kier molecular flexibility index (Phi) is 15.2. The van der Waals surface area contributed by atoms with Crippen LogP contribution in [0.25, 0.3) is 0 Å². The summed E-state index contributed by atoms with van der Waals surface area (Å²) < 4.78 is 4.88. The van der Waals surface area contributed by atoms with Crippen molar-refractivity contribution in [3.8, 4) is 0 Å². The maximum absolute atomic E-state index is 10.7. The molecule has 0 bridgehead atoms. The summed E-state index contributed by atoms with van der Waals surface area (Å²) in [5.74, 6) is -2.92. The van der Waals surface area contributed by atoms with Gasteiger partial charge in [-0.3, -0.25) is 9.59 Å². The molecule has 2 atom stereocenters. The molecule has 1 fully saturated rings. The van der Waals surface area contributed by atoms with E-state index < -0.39 is 23.8 Å². The normalized spacial score (nSPS) is 18.7. The van der Waals surface area contributed by atoms with Gasteiger partial charge < -0.3 is 14.9 Å². The summed E-state index contributed by atoms with van der Waals surface area (Å²) in [6.45, 7) is 6.11. The summed E-state index contributed by atoms with van der Waals surface area (Å²) >= 11 is 0. The summed E-state index contributed by atoms with van der Waals surface area (Å²) in [4.78, 5) is 31.7. The zero-order valence-electron chi connectivity index (χ0n) is 16.7. The van der Waals surface area contributed by atoms with E-state index >= 15 is 0 Å². The van der Waals surface area contributed by atoms with E-state index in [9.17, 15) is 14.4 Å². The Hall–Kier alpha value is -1.85. The van der Waals surface area contributed by atoms with Crippen molar-refractivity contribution in [1.29, 1.82) is 0 Å². The number of esters is 1. The van der Waals surface area contributed by atoms with Gasteiger partial charge in [0.05, 0.1) is 18.4 Å². The highest BCUT2D eigenvalue weighted by Gasteiger charge is 2.30. The number of hydrogen-bond donors (Lipinski definition) is 2. The lowest BCUT2D eigenvalue weighted by Crippen LogP contribution is -2.26. The molecule has 0 saturated heterocycles. The van der Waals surface area contributed by atoms with Crippen LogP contribution in [-0.4, -0.2) is 34.7 Å². The van der Waals surface area contributed by atoms with Crippen molar-refractivity contribution in [2.24, 2.45) is 11.8 Å². The maximum atomic E-state index is 10.7. The topological polar surface area (TPSA) is 101 Å². The fraction of sp³-hybridized carbons (Fsp3) is 0.762. The molecule has 0 spiro atoms. The number of carbonyl (C=O) groups excluding carboxylic acids is 1. The van der Waals surface area contributed by atoms with E-state index in [2.05, 4.69) is 13.5 Å². The molecule has 6 nitrogen and oxygen atoms in total. The molecule has 2 N–H and O–H groups in total. The first-order valence-electron chi connectivity index (χ1n) is 10.2. The van der Waals surface area contributed by atoms with E-state index in [1.807, 2.05) is 0 Å². The van der Waals surface area contributed by atoms with E-state index in [1.165, 1.54) is 44.6 Å². The van der Waals surface area contributed by atoms with Crippen LogP contribution in [0.2, 0.25) is 0 Å². The number of carboxylic acid groups (broad SMARTS) is 2. The molecule has 0 aromatic rings. The third-order valence-corrected chi connectivity index (χ3v) is 4.78. The summed E-state index contributed by atoms with van der Waals surface area (Å²) in [6, 6.07) is 0. The fourth-order valence-electron chi connectivity index (χ4n) is 3.11. The fourth-order valence-corrected chi connectivity index (χ4v) is 3.11. The number of carbonyl (C=O) groups is 3. The lowest BCUT2D eigenvalue weighted by atomic mass is 9.81. The molecule has 156 valence electrons. The predicted octanol–water partition coefficient (Wildman–Crippen LogP) is 4.82. The first kappa shape index (κ1) is 25.1. The van der Waals surface area contributed by atoms with E-state index in [0.717, 1.165) is 12.8 Å². The second kappa shape index (κ2) is 16.3. The van der Waals surface area contributed by atoms with Crippen molar-refractivity contribution in [2.75, 3.05) is 6.61 Å². The van der Waals surface area contributed by atoms with Gasteiger partial charge in [-0.15, -0.1) is 0 Å². The minimum atomic E-state index is -0.860. The Morgan fingerprint density at radius 2 is 1.41 bits per heavy atom. The Balaban J connectivity index is 0.000000511. The van der Waals surface area contributed by atoms with Gasteiger partial charge in [-0.2, -0.15) is 0 Å². The van der Waals surface area contributed by atoms with Crippen LogP contribution in [0.4, 0.5) is 0 Å². The summed E-state index contributed by atoms with van der Waals surface area (Å²) in [6.07, 6.45) is 13.6.